The molecule has 19 heavy (non-hydrogen) atoms. The molecule has 0 spiro atoms. The smallest absolute Gasteiger partial charge is 0.345 e. The number of benzene rings is 1. The number of carbonyl (C=O) groups is 2. The lowest BCUT2D eigenvalue weighted by atomic mass is 10.2. The van der Waals surface area contributed by atoms with Gasteiger partial charge in [-0.15, -0.1) is 0 Å². The molecule has 0 aliphatic heterocycles. The lowest BCUT2D eigenvalue weighted by molar-refractivity contribution is -0.164. The molecule has 0 aliphatic rings. The van der Waals surface area contributed by atoms with Crippen LogP contribution in [-0.2, 0) is 14.3 Å². The van der Waals surface area contributed by atoms with Crippen molar-refractivity contribution in [1.82, 2.24) is 0 Å². The molecule has 0 fully saturated rings. The third-order valence-corrected chi connectivity index (χ3v) is 2.17. The molecule has 2 N–H and O–H groups in total. The average Bonchev–Trinajstić information content (AvgIpc) is 2.44. The molecule has 6 nitrogen and oxygen atoms in total. The zero-order chi connectivity index (χ0) is 14.3. The van der Waals surface area contributed by atoms with Gasteiger partial charge in [-0.2, -0.15) is 0 Å². The molecule has 0 saturated heterocycles. The van der Waals surface area contributed by atoms with Gasteiger partial charge in [-0.1, -0.05) is 12.1 Å². The van der Waals surface area contributed by atoms with Crippen LogP contribution in [0.5, 0.6) is 5.75 Å². The summed E-state index contributed by atoms with van der Waals surface area (Å²) in [5.41, 5.74) is 0.716. The van der Waals surface area contributed by atoms with E-state index in [0.717, 1.165) is 6.08 Å². The molecule has 1 aromatic rings. The lowest BCUT2D eigenvalue weighted by Crippen LogP contribution is -2.28. The SMILES string of the molecule is COc1ccc(/C=C/C(=O)OC(=O)C(O)CO)cc1. The van der Waals surface area contributed by atoms with E-state index in [1.165, 1.54) is 6.08 Å². The van der Waals surface area contributed by atoms with Gasteiger partial charge in [0.15, 0.2) is 6.10 Å². The molecule has 0 aromatic heterocycles. The maximum atomic E-state index is 11.2. The van der Waals surface area contributed by atoms with Crippen LogP contribution in [0.25, 0.3) is 6.08 Å². The number of ether oxygens (including phenoxy) is 2. The Kier molecular flexibility index (Phi) is 5.72. The first-order valence-corrected chi connectivity index (χ1v) is 5.43. The number of hydrogen-bond donors (Lipinski definition) is 2. The van der Waals surface area contributed by atoms with Crippen molar-refractivity contribution in [2.45, 2.75) is 6.10 Å². The Bertz CT molecular complexity index is 463. The van der Waals surface area contributed by atoms with Gasteiger partial charge in [0.1, 0.15) is 5.75 Å². The summed E-state index contributed by atoms with van der Waals surface area (Å²) in [5, 5.41) is 17.4. The van der Waals surface area contributed by atoms with Crippen LogP contribution in [0.1, 0.15) is 5.56 Å². The normalized spacial score (nSPS) is 12.2. The summed E-state index contributed by atoms with van der Waals surface area (Å²) in [6, 6.07) is 6.86. The number of rotatable bonds is 5. The number of aliphatic hydroxyl groups is 2. The zero-order valence-electron chi connectivity index (χ0n) is 10.3. The maximum Gasteiger partial charge on any atom is 0.345 e. The second-order valence-electron chi connectivity index (χ2n) is 3.54. The third-order valence-electron chi connectivity index (χ3n) is 2.17. The summed E-state index contributed by atoms with van der Waals surface area (Å²) in [4.78, 5) is 22.2. The first-order chi connectivity index (χ1) is 9.06. The van der Waals surface area contributed by atoms with E-state index in [2.05, 4.69) is 4.74 Å². The van der Waals surface area contributed by atoms with Crippen molar-refractivity contribution in [2.75, 3.05) is 13.7 Å². The largest absolute Gasteiger partial charge is 0.497 e. The van der Waals surface area contributed by atoms with Gasteiger partial charge in [-0.25, -0.2) is 9.59 Å². The molecule has 0 amide bonds. The molecule has 1 atom stereocenters. The fourth-order valence-corrected chi connectivity index (χ4v) is 1.16. The molecule has 102 valence electrons. The second-order valence-corrected chi connectivity index (χ2v) is 3.54. The van der Waals surface area contributed by atoms with Crippen molar-refractivity contribution in [3.8, 4) is 5.75 Å². The highest BCUT2D eigenvalue weighted by atomic mass is 16.6. The Labute approximate surface area is 109 Å². The summed E-state index contributed by atoms with van der Waals surface area (Å²) in [6.07, 6.45) is 0.780. The number of aliphatic hydroxyl groups excluding tert-OH is 2. The molecule has 0 heterocycles. The van der Waals surface area contributed by atoms with Crippen LogP contribution in [0.4, 0.5) is 0 Å². The Hall–Kier alpha value is -2.18. The highest BCUT2D eigenvalue weighted by Crippen LogP contribution is 2.12. The average molecular weight is 266 g/mol. The first kappa shape index (κ1) is 14.9. The molecule has 1 unspecified atom stereocenters. The number of hydrogen-bond acceptors (Lipinski definition) is 6. The molecular formula is C13H14O6. The monoisotopic (exact) mass is 266 g/mol. The number of esters is 2. The van der Waals surface area contributed by atoms with Crippen LogP contribution >= 0.6 is 0 Å². The minimum absolute atomic E-state index is 0.681. The highest BCUT2D eigenvalue weighted by Gasteiger charge is 2.17. The van der Waals surface area contributed by atoms with Crippen molar-refractivity contribution in [3.63, 3.8) is 0 Å². The Morgan fingerprint density at radius 2 is 1.95 bits per heavy atom. The summed E-state index contributed by atoms with van der Waals surface area (Å²) in [5.74, 6) is -1.43. The second kappa shape index (κ2) is 7.30. The van der Waals surface area contributed by atoms with Gasteiger partial charge in [-0.3, -0.25) is 0 Å². The quantitative estimate of drug-likeness (QED) is 0.447. The van der Waals surface area contributed by atoms with Crippen LogP contribution in [-0.4, -0.2) is 42.0 Å². The molecule has 0 aliphatic carbocycles. The predicted molar refractivity (Wildman–Crippen MR) is 66.2 cm³/mol. The molecule has 1 rings (SSSR count). The van der Waals surface area contributed by atoms with Gasteiger partial charge in [0, 0.05) is 6.08 Å². The fourth-order valence-electron chi connectivity index (χ4n) is 1.16. The molecule has 0 radical (unpaired) electrons. The fraction of sp³-hybridized carbons (Fsp3) is 0.231. The topological polar surface area (TPSA) is 93.1 Å². The summed E-state index contributed by atoms with van der Waals surface area (Å²) in [6.45, 7) is -0.797. The van der Waals surface area contributed by atoms with Crippen LogP contribution < -0.4 is 4.74 Å². The van der Waals surface area contributed by atoms with Gasteiger partial charge >= 0.3 is 11.9 Å². The summed E-state index contributed by atoms with van der Waals surface area (Å²) < 4.78 is 9.24. The van der Waals surface area contributed by atoms with Crippen LogP contribution in [0.15, 0.2) is 30.3 Å². The maximum absolute atomic E-state index is 11.2. The van der Waals surface area contributed by atoms with E-state index < -0.39 is 24.6 Å². The summed E-state index contributed by atoms with van der Waals surface area (Å²) in [7, 11) is 1.54. The molecular weight excluding hydrogens is 252 g/mol. The van der Waals surface area contributed by atoms with Crippen molar-refractivity contribution < 1.29 is 29.3 Å². The number of carbonyl (C=O) groups excluding carboxylic acids is 2. The Morgan fingerprint density at radius 3 is 2.47 bits per heavy atom. The van der Waals surface area contributed by atoms with Gasteiger partial charge < -0.3 is 19.7 Å². The van der Waals surface area contributed by atoms with Crippen molar-refractivity contribution in [3.05, 3.63) is 35.9 Å². The van der Waals surface area contributed by atoms with E-state index in [1.54, 1.807) is 31.4 Å². The van der Waals surface area contributed by atoms with Gasteiger partial charge in [0.25, 0.3) is 0 Å². The van der Waals surface area contributed by atoms with Gasteiger partial charge in [0.05, 0.1) is 13.7 Å². The Balaban J connectivity index is 2.55. The number of methoxy groups -OCH3 is 1. The van der Waals surface area contributed by atoms with E-state index in [-0.39, 0.29) is 0 Å². The van der Waals surface area contributed by atoms with E-state index >= 15 is 0 Å². The summed E-state index contributed by atoms with van der Waals surface area (Å²) >= 11 is 0. The van der Waals surface area contributed by atoms with E-state index in [4.69, 9.17) is 14.9 Å². The van der Waals surface area contributed by atoms with Gasteiger partial charge in [-0.05, 0) is 23.8 Å². The first-order valence-electron chi connectivity index (χ1n) is 5.43. The van der Waals surface area contributed by atoms with Crippen LogP contribution in [0.3, 0.4) is 0 Å². The zero-order valence-corrected chi connectivity index (χ0v) is 10.3. The molecule has 0 saturated carbocycles. The highest BCUT2D eigenvalue weighted by molar-refractivity contribution is 5.95. The molecule has 6 heteroatoms. The van der Waals surface area contributed by atoms with Crippen molar-refractivity contribution in [1.29, 1.82) is 0 Å². The van der Waals surface area contributed by atoms with Crippen molar-refractivity contribution in [2.24, 2.45) is 0 Å². The van der Waals surface area contributed by atoms with Crippen LogP contribution in [0, 0.1) is 0 Å². The Morgan fingerprint density at radius 1 is 1.32 bits per heavy atom. The third kappa shape index (κ3) is 4.90. The van der Waals surface area contributed by atoms with E-state index in [0.29, 0.717) is 11.3 Å². The van der Waals surface area contributed by atoms with Crippen molar-refractivity contribution >= 4 is 18.0 Å². The van der Waals surface area contributed by atoms with E-state index in [9.17, 15) is 9.59 Å². The van der Waals surface area contributed by atoms with Gasteiger partial charge in [0.2, 0.25) is 0 Å². The minimum Gasteiger partial charge on any atom is -0.497 e. The standard InChI is InChI=1S/C13H14O6/c1-18-10-5-2-9(3-6-10)4-7-12(16)19-13(17)11(15)8-14/h2-7,11,14-15H,8H2,1H3/b7-4+. The minimum atomic E-state index is -1.71. The van der Waals surface area contributed by atoms with Crippen LogP contribution in [0.2, 0.25) is 0 Å². The predicted octanol–water partition coefficient (Wildman–Crippen LogP) is 0.131. The lowest BCUT2D eigenvalue weighted by Gasteiger charge is -2.04. The molecule has 0 bridgehead atoms. The van der Waals surface area contributed by atoms with E-state index in [1.807, 2.05) is 0 Å². The molecule has 1 aromatic carbocycles.